The fourth-order valence-electron chi connectivity index (χ4n) is 0.741. The Morgan fingerprint density at radius 3 is 1.80 bits per heavy atom. The minimum Gasteiger partial charge on any atom is -0.380 e. The van der Waals surface area contributed by atoms with E-state index in [1.807, 2.05) is 30.3 Å². The lowest BCUT2D eigenvalue weighted by Crippen LogP contribution is -1.84. The third-order valence-electron chi connectivity index (χ3n) is 1.15. The topological polar surface area (TPSA) is 38.7 Å². The summed E-state index contributed by atoms with van der Waals surface area (Å²) in [6.07, 6.45) is 1.25. The zero-order valence-corrected chi connectivity index (χ0v) is 10.1. The minimum absolute atomic E-state index is 0.709. The highest BCUT2D eigenvalue weighted by atomic mass is 17.1. The lowest BCUT2D eigenvalue weighted by atomic mass is 10.2. The van der Waals surface area contributed by atoms with E-state index in [-0.39, 0.29) is 0 Å². The molecule has 3 nitrogen and oxygen atoms in total. The van der Waals surface area contributed by atoms with Crippen LogP contribution >= 0.6 is 0 Å². The Morgan fingerprint density at radius 1 is 1.07 bits per heavy atom. The SMILES string of the molecule is CCC.COCc1ccccc1.COO. The molecule has 3 heteroatoms. The summed E-state index contributed by atoms with van der Waals surface area (Å²) in [5.41, 5.74) is 1.22. The van der Waals surface area contributed by atoms with Crippen molar-refractivity contribution in [3.8, 4) is 0 Å². The van der Waals surface area contributed by atoms with Crippen LogP contribution < -0.4 is 0 Å². The van der Waals surface area contributed by atoms with Gasteiger partial charge >= 0.3 is 0 Å². The monoisotopic (exact) mass is 214 g/mol. The lowest BCUT2D eigenvalue weighted by molar-refractivity contribution is -0.214. The molecule has 0 radical (unpaired) electrons. The first-order valence-corrected chi connectivity index (χ1v) is 4.97. The Balaban J connectivity index is 0. The van der Waals surface area contributed by atoms with Crippen LogP contribution in [-0.2, 0) is 16.2 Å². The molecule has 0 aliphatic heterocycles. The van der Waals surface area contributed by atoms with Crippen LogP contribution in [0.5, 0.6) is 0 Å². The summed E-state index contributed by atoms with van der Waals surface area (Å²) in [5.74, 6) is 0. The Labute approximate surface area is 92.6 Å². The van der Waals surface area contributed by atoms with Crippen molar-refractivity contribution >= 4 is 0 Å². The predicted molar refractivity (Wildman–Crippen MR) is 62.8 cm³/mol. The summed E-state index contributed by atoms with van der Waals surface area (Å²) >= 11 is 0. The van der Waals surface area contributed by atoms with E-state index in [1.54, 1.807) is 7.11 Å². The van der Waals surface area contributed by atoms with Crippen molar-refractivity contribution in [3.05, 3.63) is 35.9 Å². The average Bonchev–Trinajstić information content (AvgIpc) is 2.22. The number of hydrogen-bond acceptors (Lipinski definition) is 3. The second-order valence-corrected chi connectivity index (χ2v) is 2.81. The summed E-state index contributed by atoms with van der Waals surface area (Å²) in [4.78, 5) is 3.25. The molecular weight excluding hydrogens is 192 g/mol. The van der Waals surface area contributed by atoms with E-state index in [2.05, 4.69) is 18.7 Å². The van der Waals surface area contributed by atoms with Gasteiger partial charge in [0, 0.05) is 7.11 Å². The van der Waals surface area contributed by atoms with Crippen LogP contribution in [0.3, 0.4) is 0 Å². The molecule has 0 unspecified atom stereocenters. The molecule has 1 aromatic carbocycles. The Bertz CT molecular complexity index is 185. The molecule has 1 rings (SSSR count). The lowest BCUT2D eigenvalue weighted by Gasteiger charge is -1.95. The van der Waals surface area contributed by atoms with Crippen molar-refractivity contribution in [2.45, 2.75) is 26.9 Å². The van der Waals surface area contributed by atoms with Gasteiger partial charge in [0.25, 0.3) is 0 Å². The highest BCUT2D eigenvalue weighted by Crippen LogP contribution is 1.98. The smallest absolute Gasteiger partial charge is 0.0713 e. The maximum Gasteiger partial charge on any atom is 0.0713 e. The molecule has 0 bridgehead atoms. The van der Waals surface area contributed by atoms with E-state index in [9.17, 15) is 0 Å². The van der Waals surface area contributed by atoms with E-state index in [0.717, 1.165) is 0 Å². The average molecular weight is 214 g/mol. The summed E-state index contributed by atoms with van der Waals surface area (Å²) < 4.78 is 4.93. The highest BCUT2D eigenvalue weighted by Gasteiger charge is 1.84. The van der Waals surface area contributed by atoms with Gasteiger partial charge < -0.3 is 4.74 Å². The Hall–Kier alpha value is -0.900. The van der Waals surface area contributed by atoms with Crippen LogP contribution in [0.1, 0.15) is 25.8 Å². The number of benzene rings is 1. The van der Waals surface area contributed by atoms with E-state index in [1.165, 1.54) is 19.1 Å². The standard InChI is InChI=1S/C8H10O.C3H8.CH4O2/c1-9-7-8-5-3-2-4-6-8;2*1-3-2/h2-6H,7H2,1H3;3H2,1-2H3;2H,1H3. The van der Waals surface area contributed by atoms with Crippen LogP contribution in [0.2, 0.25) is 0 Å². The molecule has 0 aliphatic carbocycles. The molecule has 0 spiro atoms. The summed E-state index contributed by atoms with van der Waals surface area (Å²) in [5, 5.41) is 7.07. The van der Waals surface area contributed by atoms with Gasteiger partial charge in [-0.3, -0.25) is 5.26 Å². The molecule has 0 amide bonds. The van der Waals surface area contributed by atoms with Gasteiger partial charge in [-0.2, -0.15) is 0 Å². The van der Waals surface area contributed by atoms with Crippen LogP contribution in [0.25, 0.3) is 0 Å². The van der Waals surface area contributed by atoms with Gasteiger partial charge in [0.05, 0.1) is 13.7 Å². The van der Waals surface area contributed by atoms with E-state index in [0.29, 0.717) is 6.61 Å². The molecule has 0 fully saturated rings. The van der Waals surface area contributed by atoms with Gasteiger partial charge in [0.1, 0.15) is 0 Å². The number of ether oxygens (including phenoxy) is 1. The molecule has 88 valence electrons. The maximum atomic E-state index is 7.07. The first-order valence-electron chi connectivity index (χ1n) is 4.97. The van der Waals surface area contributed by atoms with Crippen LogP contribution in [0, 0.1) is 0 Å². The van der Waals surface area contributed by atoms with E-state index < -0.39 is 0 Å². The van der Waals surface area contributed by atoms with Gasteiger partial charge in [0.2, 0.25) is 0 Å². The number of rotatable bonds is 2. The Kier molecular flexibility index (Phi) is 17.2. The highest BCUT2D eigenvalue weighted by molar-refractivity contribution is 5.13. The van der Waals surface area contributed by atoms with Crippen molar-refractivity contribution < 1.29 is 14.9 Å². The van der Waals surface area contributed by atoms with Crippen molar-refractivity contribution in [2.75, 3.05) is 14.2 Å². The van der Waals surface area contributed by atoms with Gasteiger partial charge in [0.15, 0.2) is 0 Å². The van der Waals surface area contributed by atoms with Gasteiger partial charge in [-0.1, -0.05) is 50.6 Å². The van der Waals surface area contributed by atoms with Crippen LogP contribution in [-0.4, -0.2) is 19.5 Å². The van der Waals surface area contributed by atoms with Gasteiger partial charge in [-0.15, -0.1) is 0 Å². The third-order valence-corrected chi connectivity index (χ3v) is 1.15. The van der Waals surface area contributed by atoms with Crippen LogP contribution in [0.4, 0.5) is 0 Å². The normalized spacial score (nSPS) is 8.07. The Morgan fingerprint density at radius 2 is 1.47 bits per heavy atom. The minimum atomic E-state index is 0.709. The molecule has 15 heavy (non-hydrogen) atoms. The summed E-state index contributed by atoms with van der Waals surface area (Å²) in [6, 6.07) is 10.1. The summed E-state index contributed by atoms with van der Waals surface area (Å²) in [6.45, 7) is 4.96. The van der Waals surface area contributed by atoms with Crippen molar-refractivity contribution in [2.24, 2.45) is 0 Å². The number of methoxy groups -OCH3 is 1. The van der Waals surface area contributed by atoms with E-state index >= 15 is 0 Å². The second-order valence-electron chi connectivity index (χ2n) is 2.81. The molecule has 0 aromatic heterocycles. The molecule has 0 aliphatic rings. The largest absolute Gasteiger partial charge is 0.380 e. The van der Waals surface area contributed by atoms with Gasteiger partial charge in [-0.05, 0) is 5.56 Å². The van der Waals surface area contributed by atoms with Crippen molar-refractivity contribution in [1.29, 1.82) is 0 Å². The molecular formula is C12H22O3. The van der Waals surface area contributed by atoms with Crippen molar-refractivity contribution in [3.63, 3.8) is 0 Å². The molecule has 0 saturated carbocycles. The number of hydrogen-bond donors (Lipinski definition) is 1. The fourth-order valence-corrected chi connectivity index (χ4v) is 0.741. The first-order chi connectivity index (χ1) is 7.26. The van der Waals surface area contributed by atoms with Crippen LogP contribution in [0.15, 0.2) is 30.3 Å². The van der Waals surface area contributed by atoms with E-state index in [4.69, 9.17) is 9.99 Å². The van der Waals surface area contributed by atoms with Crippen molar-refractivity contribution in [1.82, 2.24) is 0 Å². The molecule has 1 N–H and O–H groups in total. The molecule has 1 aromatic rings. The second kappa shape index (κ2) is 15.6. The zero-order valence-electron chi connectivity index (χ0n) is 10.1. The third kappa shape index (κ3) is 15.8. The quantitative estimate of drug-likeness (QED) is 0.606. The predicted octanol–water partition coefficient (Wildman–Crippen LogP) is 3.36. The molecule has 0 heterocycles. The zero-order chi connectivity index (χ0) is 11.9. The van der Waals surface area contributed by atoms with Gasteiger partial charge in [-0.25, -0.2) is 4.89 Å². The summed E-state index contributed by atoms with van der Waals surface area (Å²) in [7, 11) is 2.88. The first kappa shape index (κ1) is 16.5. The molecule has 0 saturated heterocycles. The maximum absolute atomic E-state index is 7.07. The molecule has 0 atom stereocenters. The fraction of sp³-hybridized carbons (Fsp3) is 0.500.